The van der Waals surface area contributed by atoms with E-state index in [1.165, 1.54) is 0 Å². The Balaban J connectivity index is 2.25. The van der Waals surface area contributed by atoms with Gasteiger partial charge in [0.05, 0.1) is 17.1 Å². The van der Waals surface area contributed by atoms with E-state index in [-0.39, 0.29) is 5.92 Å². The van der Waals surface area contributed by atoms with Crippen LogP contribution >= 0.6 is 0 Å². The SMILES string of the molecule is CCC1CCC(C#N)(C2(O)CCC(C)CC2C)C1. The third-order valence-electron chi connectivity index (χ3n) is 5.83. The predicted molar refractivity (Wildman–Crippen MR) is 72.8 cm³/mol. The van der Waals surface area contributed by atoms with E-state index in [0.29, 0.717) is 11.8 Å². The second kappa shape index (κ2) is 4.85. The number of rotatable bonds is 2. The lowest BCUT2D eigenvalue weighted by molar-refractivity contribution is -0.126. The molecule has 0 radical (unpaired) electrons. The molecule has 2 aliphatic rings. The molecule has 2 heteroatoms. The number of nitrogens with zero attached hydrogens (tertiary/aromatic N) is 1. The van der Waals surface area contributed by atoms with Gasteiger partial charge < -0.3 is 5.11 Å². The van der Waals surface area contributed by atoms with Gasteiger partial charge in [-0.3, -0.25) is 0 Å². The summed E-state index contributed by atoms with van der Waals surface area (Å²) in [4.78, 5) is 0. The minimum atomic E-state index is -0.738. The van der Waals surface area contributed by atoms with Crippen molar-refractivity contribution < 1.29 is 5.11 Å². The summed E-state index contributed by atoms with van der Waals surface area (Å²) in [6.07, 6.45) is 7.03. The Morgan fingerprint density at radius 3 is 2.50 bits per heavy atom. The molecule has 0 aromatic carbocycles. The van der Waals surface area contributed by atoms with Crippen LogP contribution in [0.2, 0.25) is 0 Å². The van der Waals surface area contributed by atoms with Gasteiger partial charge in [0.2, 0.25) is 0 Å². The van der Waals surface area contributed by atoms with E-state index in [2.05, 4.69) is 26.8 Å². The van der Waals surface area contributed by atoms with E-state index >= 15 is 0 Å². The quantitative estimate of drug-likeness (QED) is 0.806. The lowest BCUT2D eigenvalue weighted by Gasteiger charge is -2.49. The molecule has 0 aromatic rings. The number of hydrogen-bond acceptors (Lipinski definition) is 2. The highest BCUT2D eigenvalue weighted by Crippen LogP contribution is 2.56. The molecular weight excluding hydrogens is 222 g/mol. The summed E-state index contributed by atoms with van der Waals surface area (Å²) in [5, 5.41) is 20.9. The standard InChI is InChI=1S/C16H27NO/c1-4-14-6-7-15(10-14,11-17)16(18)8-5-12(2)9-13(16)3/h12-14,18H,4-10H2,1-3H3. The molecule has 0 aromatic heterocycles. The molecule has 0 bridgehead atoms. The van der Waals surface area contributed by atoms with Gasteiger partial charge in [-0.05, 0) is 56.3 Å². The highest BCUT2D eigenvalue weighted by atomic mass is 16.3. The summed E-state index contributed by atoms with van der Waals surface area (Å²) < 4.78 is 0. The molecule has 5 unspecified atom stereocenters. The smallest absolute Gasteiger partial charge is 0.0865 e. The fourth-order valence-corrected chi connectivity index (χ4v) is 4.43. The first-order valence-electron chi connectivity index (χ1n) is 7.61. The molecule has 0 heterocycles. The Labute approximate surface area is 111 Å². The minimum Gasteiger partial charge on any atom is -0.388 e. The molecule has 1 N–H and O–H groups in total. The lowest BCUT2D eigenvalue weighted by Crippen LogP contribution is -2.53. The maximum absolute atomic E-state index is 11.2. The summed E-state index contributed by atoms with van der Waals surface area (Å²) in [5.74, 6) is 1.59. The van der Waals surface area contributed by atoms with E-state index in [0.717, 1.165) is 44.9 Å². The summed E-state index contributed by atoms with van der Waals surface area (Å²) >= 11 is 0. The summed E-state index contributed by atoms with van der Waals surface area (Å²) in [6, 6.07) is 2.55. The monoisotopic (exact) mass is 249 g/mol. The van der Waals surface area contributed by atoms with Gasteiger partial charge in [0.1, 0.15) is 0 Å². The minimum absolute atomic E-state index is 0.261. The van der Waals surface area contributed by atoms with Gasteiger partial charge in [-0.1, -0.05) is 27.2 Å². The van der Waals surface area contributed by atoms with Gasteiger partial charge in [-0.25, -0.2) is 0 Å². The molecule has 0 saturated heterocycles. The third-order valence-corrected chi connectivity index (χ3v) is 5.83. The van der Waals surface area contributed by atoms with Crippen LogP contribution in [0, 0.1) is 34.5 Å². The number of nitriles is 1. The highest BCUT2D eigenvalue weighted by Gasteiger charge is 2.57. The summed E-state index contributed by atoms with van der Waals surface area (Å²) in [6.45, 7) is 6.61. The largest absolute Gasteiger partial charge is 0.388 e. The van der Waals surface area contributed by atoms with Crippen LogP contribution in [0.4, 0.5) is 0 Å². The van der Waals surface area contributed by atoms with E-state index in [1.54, 1.807) is 0 Å². The Hall–Kier alpha value is -0.550. The van der Waals surface area contributed by atoms with Crippen molar-refractivity contribution in [2.45, 2.75) is 71.3 Å². The Morgan fingerprint density at radius 1 is 1.28 bits per heavy atom. The van der Waals surface area contributed by atoms with Gasteiger partial charge in [0.15, 0.2) is 0 Å². The van der Waals surface area contributed by atoms with Crippen molar-refractivity contribution in [3.8, 4) is 6.07 Å². The lowest BCUT2D eigenvalue weighted by atomic mass is 9.58. The molecule has 2 rings (SSSR count). The molecule has 0 aliphatic heterocycles. The van der Waals surface area contributed by atoms with Crippen LogP contribution in [-0.4, -0.2) is 10.7 Å². The van der Waals surface area contributed by atoms with Crippen LogP contribution in [0.5, 0.6) is 0 Å². The fraction of sp³-hybridized carbons (Fsp3) is 0.938. The zero-order valence-electron chi connectivity index (χ0n) is 12.1. The second-order valence-corrected chi connectivity index (χ2v) is 6.92. The van der Waals surface area contributed by atoms with Crippen molar-refractivity contribution in [2.75, 3.05) is 0 Å². The molecule has 18 heavy (non-hydrogen) atoms. The fourth-order valence-electron chi connectivity index (χ4n) is 4.43. The molecular formula is C16H27NO. The zero-order chi connectivity index (χ0) is 13.4. The van der Waals surface area contributed by atoms with Crippen LogP contribution in [0.1, 0.15) is 65.7 Å². The number of aliphatic hydroxyl groups is 1. The summed E-state index contributed by atoms with van der Waals surface area (Å²) in [7, 11) is 0. The molecule has 2 aliphatic carbocycles. The van der Waals surface area contributed by atoms with Gasteiger partial charge in [0.25, 0.3) is 0 Å². The average molecular weight is 249 g/mol. The van der Waals surface area contributed by atoms with Crippen LogP contribution < -0.4 is 0 Å². The zero-order valence-corrected chi connectivity index (χ0v) is 12.1. The molecule has 5 atom stereocenters. The second-order valence-electron chi connectivity index (χ2n) is 6.92. The van der Waals surface area contributed by atoms with Crippen molar-refractivity contribution in [1.82, 2.24) is 0 Å². The molecule has 2 saturated carbocycles. The Morgan fingerprint density at radius 2 is 2.00 bits per heavy atom. The topological polar surface area (TPSA) is 44.0 Å². The molecule has 2 fully saturated rings. The highest BCUT2D eigenvalue weighted by molar-refractivity contribution is 5.17. The van der Waals surface area contributed by atoms with Gasteiger partial charge in [-0.15, -0.1) is 0 Å². The Bertz CT molecular complexity index is 347. The normalized spacial score (nSPS) is 48.9. The van der Waals surface area contributed by atoms with Crippen LogP contribution in [0.25, 0.3) is 0 Å². The third kappa shape index (κ3) is 1.97. The first kappa shape index (κ1) is 13.9. The van der Waals surface area contributed by atoms with Crippen LogP contribution in [-0.2, 0) is 0 Å². The molecule has 0 spiro atoms. The van der Waals surface area contributed by atoms with Crippen molar-refractivity contribution in [3.63, 3.8) is 0 Å². The molecule has 2 nitrogen and oxygen atoms in total. The maximum atomic E-state index is 11.2. The predicted octanol–water partition coefficient (Wildman–Crippen LogP) is 3.89. The first-order chi connectivity index (χ1) is 8.47. The van der Waals surface area contributed by atoms with Gasteiger partial charge >= 0.3 is 0 Å². The van der Waals surface area contributed by atoms with Crippen molar-refractivity contribution in [1.29, 1.82) is 5.26 Å². The Kier molecular flexibility index (Phi) is 3.74. The molecule has 0 amide bonds. The van der Waals surface area contributed by atoms with Crippen molar-refractivity contribution in [3.05, 3.63) is 0 Å². The summed E-state index contributed by atoms with van der Waals surface area (Å²) in [5.41, 5.74) is -1.20. The first-order valence-corrected chi connectivity index (χ1v) is 7.61. The van der Waals surface area contributed by atoms with Gasteiger partial charge in [0, 0.05) is 0 Å². The van der Waals surface area contributed by atoms with E-state index < -0.39 is 11.0 Å². The van der Waals surface area contributed by atoms with E-state index in [1.807, 2.05) is 0 Å². The van der Waals surface area contributed by atoms with E-state index in [4.69, 9.17) is 0 Å². The van der Waals surface area contributed by atoms with Gasteiger partial charge in [-0.2, -0.15) is 5.26 Å². The van der Waals surface area contributed by atoms with Crippen molar-refractivity contribution >= 4 is 0 Å². The van der Waals surface area contributed by atoms with Crippen LogP contribution in [0.3, 0.4) is 0 Å². The van der Waals surface area contributed by atoms with E-state index in [9.17, 15) is 10.4 Å². The maximum Gasteiger partial charge on any atom is 0.0865 e. The van der Waals surface area contributed by atoms with Crippen LogP contribution in [0.15, 0.2) is 0 Å². The van der Waals surface area contributed by atoms with Crippen molar-refractivity contribution in [2.24, 2.45) is 23.2 Å². The average Bonchev–Trinajstić information content (AvgIpc) is 2.79. The molecule has 102 valence electrons. The number of hydrogen-bond donors (Lipinski definition) is 1.